The van der Waals surface area contributed by atoms with Crippen molar-refractivity contribution in [1.29, 1.82) is 0 Å². The van der Waals surface area contributed by atoms with Crippen LogP contribution in [0.2, 0.25) is 5.02 Å². The fraction of sp³-hybridized carbons (Fsp3) is 0.0500. The molecule has 0 aliphatic carbocycles. The van der Waals surface area contributed by atoms with Crippen LogP contribution in [0.1, 0.15) is 20.7 Å². The highest BCUT2D eigenvalue weighted by molar-refractivity contribution is 6.30. The van der Waals surface area contributed by atoms with Crippen molar-refractivity contribution in [3.63, 3.8) is 0 Å². The fourth-order valence-electron chi connectivity index (χ4n) is 3.38. The number of benzene rings is 1. The Hall–Kier alpha value is -3.58. The number of imide groups is 1. The van der Waals surface area contributed by atoms with Crippen LogP contribution < -0.4 is 0 Å². The maximum Gasteiger partial charge on any atom is 0.262 e. The number of rotatable bonds is 2. The molecule has 7 nitrogen and oxygen atoms in total. The summed E-state index contributed by atoms with van der Waals surface area (Å²) < 4.78 is 1.65. The molecule has 4 aromatic rings. The topological polar surface area (TPSA) is 81.0 Å². The summed E-state index contributed by atoms with van der Waals surface area (Å²) in [6.45, 7) is 0. The highest BCUT2D eigenvalue weighted by Gasteiger charge is 2.37. The summed E-state index contributed by atoms with van der Waals surface area (Å²) in [5.41, 5.74) is 3.18. The number of amides is 2. The summed E-state index contributed by atoms with van der Waals surface area (Å²) in [5.74, 6) is -0.729. The molecule has 5 rings (SSSR count). The molecule has 2 amide bonds. The van der Waals surface area contributed by atoms with Gasteiger partial charge in [0.2, 0.25) is 0 Å². The van der Waals surface area contributed by atoms with Crippen molar-refractivity contribution in [2.24, 2.45) is 0 Å². The molecule has 4 heterocycles. The summed E-state index contributed by atoms with van der Waals surface area (Å²) >= 11 is 6.01. The van der Waals surface area contributed by atoms with E-state index in [1.165, 1.54) is 13.2 Å². The Balaban J connectivity index is 1.89. The maximum absolute atomic E-state index is 12.8. The summed E-state index contributed by atoms with van der Waals surface area (Å²) in [6, 6.07) is 10.8. The van der Waals surface area contributed by atoms with Crippen molar-refractivity contribution in [3.8, 4) is 16.9 Å². The van der Waals surface area contributed by atoms with Crippen molar-refractivity contribution < 1.29 is 9.59 Å². The number of carbonyl (C=O) groups is 2. The largest absolute Gasteiger partial charge is 0.277 e. The van der Waals surface area contributed by atoms with Gasteiger partial charge in [-0.1, -0.05) is 11.6 Å². The molecule has 1 aliphatic rings. The second kappa shape index (κ2) is 5.97. The van der Waals surface area contributed by atoms with Crippen LogP contribution >= 0.6 is 11.6 Å². The number of hydrogen-bond acceptors (Lipinski definition) is 5. The second-order valence-electron chi connectivity index (χ2n) is 6.39. The monoisotopic (exact) mass is 389 g/mol. The third kappa shape index (κ3) is 2.26. The van der Waals surface area contributed by atoms with Gasteiger partial charge in [-0.15, -0.1) is 0 Å². The first-order valence-electron chi connectivity index (χ1n) is 8.46. The lowest BCUT2D eigenvalue weighted by atomic mass is 10.0. The quantitative estimate of drug-likeness (QED) is 0.491. The van der Waals surface area contributed by atoms with Gasteiger partial charge >= 0.3 is 0 Å². The highest BCUT2D eigenvalue weighted by atomic mass is 35.5. The van der Waals surface area contributed by atoms with Crippen molar-refractivity contribution >= 4 is 34.4 Å². The zero-order valence-corrected chi connectivity index (χ0v) is 15.4. The number of nitrogens with zero attached hydrogens (tertiary/aromatic N) is 5. The first-order valence-corrected chi connectivity index (χ1v) is 8.84. The second-order valence-corrected chi connectivity index (χ2v) is 6.82. The molecule has 0 fully saturated rings. The van der Waals surface area contributed by atoms with E-state index in [4.69, 9.17) is 16.7 Å². The SMILES string of the molecule is CN1C(=O)c2cnc3c(c(-c4ccncc4)nn3-c3ccc(Cl)cc3)c2C1=O. The van der Waals surface area contributed by atoms with Gasteiger partial charge in [-0.2, -0.15) is 5.10 Å². The normalized spacial score (nSPS) is 13.4. The van der Waals surface area contributed by atoms with Crippen LogP contribution in [0.3, 0.4) is 0 Å². The van der Waals surface area contributed by atoms with Crippen molar-refractivity contribution in [3.05, 3.63) is 71.1 Å². The number of carbonyl (C=O) groups excluding carboxylic acids is 2. The molecule has 0 atom stereocenters. The summed E-state index contributed by atoms with van der Waals surface area (Å²) in [6.07, 6.45) is 4.74. The average molecular weight is 390 g/mol. The molecule has 1 aromatic carbocycles. The van der Waals surface area contributed by atoms with Crippen molar-refractivity contribution in [2.45, 2.75) is 0 Å². The lowest BCUT2D eigenvalue weighted by Crippen LogP contribution is -2.24. The Morgan fingerprint density at radius 2 is 1.68 bits per heavy atom. The van der Waals surface area contributed by atoms with Gasteiger partial charge in [0.05, 0.1) is 22.2 Å². The lowest BCUT2D eigenvalue weighted by Gasteiger charge is -2.03. The van der Waals surface area contributed by atoms with E-state index in [1.54, 1.807) is 41.3 Å². The van der Waals surface area contributed by atoms with Gasteiger partial charge in [0.1, 0.15) is 5.69 Å². The van der Waals surface area contributed by atoms with E-state index in [0.717, 1.165) is 16.2 Å². The molecule has 0 spiro atoms. The van der Waals surface area contributed by atoms with Crippen LogP contribution in [0.4, 0.5) is 0 Å². The number of fused-ring (bicyclic) bond motifs is 3. The lowest BCUT2D eigenvalue weighted by molar-refractivity contribution is 0.0693. The molecule has 136 valence electrons. The predicted molar refractivity (Wildman–Crippen MR) is 104 cm³/mol. The van der Waals surface area contributed by atoms with Crippen molar-refractivity contribution in [1.82, 2.24) is 24.6 Å². The minimum absolute atomic E-state index is 0.283. The molecule has 28 heavy (non-hydrogen) atoms. The summed E-state index contributed by atoms with van der Waals surface area (Å²) in [5, 5.41) is 5.87. The number of hydrogen-bond donors (Lipinski definition) is 0. The Morgan fingerprint density at radius 1 is 0.964 bits per heavy atom. The Morgan fingerprint density at radius 3 is 2.39 bits per heavy atom. The standard InChI is InChI=1S/C20H12ClN5O2/c1-25-19(27)14-10-23-18-16(15(14)20(25)28)17(11-6-8-22-9-7-11)24-26(18)13-4-2-12(21)3-5-13/h2-10H,1H3. The summed E-state index contributed by atoms with van der Waals surface area (Å²) in [4.78, 5) is 34.8. The molecule has 0 unspecified atom stereocenters. The van der Waals surface area contributed by atoms with E-state index in [-0.39, 0.29) is 17.4 Å². The van der Waals surface area contributed by atoms with Crippen LogP contribution in [0.25, 0.3) is 28.0 Å². The maximum atomic E-state index is 12.8. The van der Waals surface area contributed by atoms with Gasteiger partial charge in [0.25, 0.3) is 11.8 Å². The number of pyridine rings is 2. The summed E-state index contributed by atoms with van der Waals surface area (Å²) in [7, 11) is 1.46. The first kappa shape index (κ1) is 16.6. The van der Waals surface area contributed by atoms with Gasteiger partial charge in [-0.05, 0) is 36.4 Å². The Kier molecular flexibility index (Phi) is 3.53. The molecule has 8 heteroatoms. The molecule has 0 N–H and O–H groups in total. The average Bonchev–Trinajstić information content (AvgIpc) is 3.21. The van der Waals surface area contributed by atoms with Gasteiger partial charge in [0, 0.05) is 36.2 Å². The molecule has 0 saturated carbocycles. The van der Waals surface area contributed by atoms with E-state index < -0.39 is 0 Å². The third-order valence-corrected chi connectivity index (χ3v) is 5.03. The van der Waals surface area contributed by atoms with Crippen LogP contribution in [0.15, 0.2) is 55.0 Å². The fourth-order valence-corrected chi connectivity index (χ4v) is 3.51. The van der Waals surface area contributed by atoms with Crippen LogP contribution in [0, 0.1) is 0 Å². The number of aromatic nitrogens is 4. The Labute approximate surface area is 164 Å². The molecular formula is C20H12ClN5O2. The van der Waals surface area contributed by atoms with E-state index in [2.05, 4.69) is 9.97 Å². The van der Waals surface area contributed by atoms with Crippen LogP contribution in [-0.2, 0) is 0 Å². The molecular weight excluding hydrogens is 378 g/mol. The van der Waals surface area contributed by atoms with E-state index in [9.17, 15) is 9.59 Å². The number of halogens is 1. The first-order chi connectivity index (χ1) is 13.6. The molecule has 1 aliphatic heterocycles. The van der Waals surface area contributed by atoms with Crippen LogP contribution in [-0.4, -0.2) is 43.5 Å². The van der Waals surface area contributed by atoms with Gasteiger partial charge in [0.15, 0.2) is 5.65 Å². The van der Waals surface area contributed by atoms with E-state index in [1.807, 2.05) is 12.1 Å². The van der Waals surface area contributed by atoms with E-state index in [0.29, 0.717) is 27.3 Å². The van der Waals surface area contributed by atoms with Crippen LogP contribution in [0.5, 0.6) is 0 Å². The zero-order chi connectivity index (χ0) is 19.4. The molecule has 0 radical (unpaired) electrons. The molecule has 3 aromatic heterocycles. The van der Waals surface area contributed by atoms with Gasteiger partial charge in [-0.3, -0.25) is 19.5 Å². The van der Waals surface area contributed by atoms with Gasteiger partial charge in [-0.25, -0.2) is 9.67 Å². The van der Waals surface area contributed by atoms with Gasteiger partial charge < -0.3 is 0 Å². The minimum Gasteiger partial charge on any atom is -0.277 e. The third-order valence-electron chi connectivity index (χ3n) is 4.77. The minimum atomic E-state index is -0.366. The smallest absolute Gasteiger partial charge is 0.262 e. The highest BCUT2D eigenvalue weighted by Crippen LogP contribution is 2.36. The van der Waals surface area contributed by atoms with E-state index >= 15 is 0 Å². The van der Waals surface area contributed by atoms with Crippen molar-refractivity contribution in [2.75, 3.05) is 7.05 Å². The molecule has 0 bridgehead atoms. The zero-order valence-electron chi connectivity index (χ0n) is 14.6. The Bertz CT molecular complexity index is 1270. The molecule has 0 saturated heterocycles. The predicted octanol–water partition coefficient (Wildman–Crippen LogP) is 3.36.